The summed E-state index contributed by atoms with van der Waals surface area (Å²) in [5.41, 5.74) is -1.85. The van der Waals surface area contributed by atoms with Crippen LogP contribution in [0.4, 0.5) is 17.6 Å². The van der Waals surface area contributed by atoms with Gasteiger partial charge in [0.25, 0.3) is 0 Å². The average Bonchev–Trinajstić information content (AvgIpc) is 2.89. The van der Waals surface area contributed by atoms with Crippen molar-refractivity contribution in [1.82, 2.24) is 0 Å². The monoisotopic (exact) mass is 547 g/mol. The second kappa shape index (κ2) is 14.9. The third kappa shape index (κ3) is 8.20. The number of hydrogen-bond acceptors (Lipinski definition) is 4. The van der Waals surface area contributed by atoms with Crippen LogP contribution in [-0.4, -0.2) is 12.1 Å². The first-order valence-electron chi connectivity index (χ1n) is 14.1. The molecule has 2 aromatic carbocycles. The Balaban J connectivity index is 1.82. The van der Waals surface area contributed by atoms with Crippen molar-refractivity contribution < 1.29 is 31.8 Å². The lowest BCUT2D eigenvalue weighted by Gasteiger charge is -2.36. The van der Waals surface area contributed by atoms with Crippen LogP contribution in [0.25, 0.3) is 0 Å². The molecular weight excluding hydrogens is 510 g/mol. The number of benzene rings is 2. The number of hydrogen-bond donors (Lipinski definition) is 0. The first kappa shape index (κ1) is 30.5. The number of ether oxygens (including phenoxy) is 2. The molecule has 0 aliphatic heterocycles. The molecule has 2 atom stereocenters. The smallest absolute Gasteiger partial charge is 0.349 e. The van der Waals surface area contributed by atoms with Crippen molar-refractivity contribution in [3.8, 4) is 17.6 Å². The van der Waals surface area contributed by atoms with Crippen LogP contribution in [0.2, 0.25) is 0 Å². The molecule has 0 aromatic heterocycles. The number of rotatable bonds is 13. The summed E-state index contributed by atoms with van der Waals surface area (Å²) >= 11 is 0. The lowest BCUT2D eigenvalue weighted by Crippen LogP contribution is -2.36. The van der Waals surface area contributed by atoms with E-state index in [4.69, 9.17) is 14.7 Å². The molecular formula is C31H37F4NO3. The van der Waals surface area contributed by atoms with Gasteiger partial charge in [0.2, 0.25) is 0 Å². The predicted octanol–water partition coefficient (Wildman–Crippen LogP) is 9.05. The SMILES string of the molecule is CCCCCCC(CCC)C(Oc1cc(F)c(C(=O)Oc2cc(F)c(C#N)c(F)c2)c(F)c1)C1CCCCC1. The minimum Gasteiger partial charge on any atom is -0.490 e. The fourth-order valence-electron chi connectivity index (χ4n) is 5.56. The molecule has 0 saturated heterocycles. The van der Waals surface area contributed by atoms with Crippen molar-refractivity contribution in [2.24, 2.45) is 11.8 Å². The van der Waals surface area contributed by atoms with Gasteiger partial charge in [-0.25, -0.2) is 22.4 Å². The number of nitriles is 1. The van der Waals surface area contributed by atoms with E-state index in [2.05, 4.69) is 13.8 Å². The van der Waals surface area contributed by atoms with Gasteiger partial charge in [0.15, 0.2) is 0 Å². The molecule has 8 heteroatoms. The topological polar surface area (TPSA) is 59.3 Å². The number of halogens is 4. The van der Waals surface area contributed by atoms with Gasteiger partial charge in [-0.05, 0) is 37.5 Å². The highest BCUT2D eigenvalue weighted by Gasteiger charge is 2.33. The molecule has 0 N–H and O–H groups in total. The van der Waals surface area contributed by atoms with Gasteiger partial charge in [-0.2, -0.15) is 5.26 Å². The van der Waals surface area contributed by atoms with Gasteiger partial charge in [-0.3, -0.25) is 0 Å². The van der Waals surface area contributed by atoms with Gasteiger partial charge < -0.3 is 9.47 Å². The number of carbonyl (C=O) groups excluding carboxylic acids is 1. The summed E-state index contributed by atoms with van der Waals surface area (Å²) in [5, 5.41) is 8.77. The predicted molar refractivity (Wildman–Crippen MR) is 141 cm³/mol. The summed E-state index contributed by atoms with van der Waals surface area (Å²) in [6.07, 6.45) is 12.7. The Hall–Kier alpha value is -3.08. The summed E-state index contributed by atoms with van der Waals surface area (Å²) in [6, 6.07) is 4.50. The van der Waals surface area contributed by atoms with Crippen LogP contribution in [0.1, 0.15) is 107 Å². The van der Waals surface area contributed by atoms with Crippen molar-refractivity contribution in [2.75, 3.05) is 0 Å². The summed E-state index contributed by atoms with van der Waals surface area (Å²) in [6.45, 7) is 4.29. The molecule has 0 bridgehead atoms. The van der Waals surface area contributed by atoms with Crippen LogP contribution >= 0.6 is 0 Å². The zero-order valence-corrected chi connectivity index (χ0v) is 22.7. The summed E-state index contributed by atoms with van der Waals surface area (Å²) in [4.78, 5) is 12.5. The Bertz CT molecular complexity index is 1110. The zero-order valence-electron chi connectivity index (χ0n) is 22.7. The molecule has 212 valence electrons. The van der Waals surface area contributed by atoms with Crippen LogP contribution < -0.4 is 9.47 Å². The van der Waals surface area contributed by atoms with Crippen LogP contribution in [-0.2, 0) is 0 Å². The fourth-order valence-corrected chi connectivity index (χ4v) is 5.56. The lowest BCUT2D eigenvalue weighted by atomic mass is 9.77. The zero-order chi connectivity index (χ0) is 28.4. The van der Waals surface area contributed by atoms with E-state index in [1.807, 2.05) is 0 Å². The normalized spacial score (nSPS) is 15.4. The third-order valence-corrected chi connectivity index (χ3v) is 7.50. The molecule has 39 heavy (non-hydrogen) atoms. The Morgan fingerprint density at radius 3 is 2.05 bits per heavy atom. The molecule has 1 fully saturated rings. The lowest BCUT2D eigenvalue weighted by molar-refractivity contribution is 0.0454. The summed E-state index contributed by atoms with van der Waals surface area (Å²) < 4.78 is 69.0. The highest BCUT2D eigenvalue weighted by Crippen LogP contribution is 2.37. The van der Waals surface area contributed by atoms with E-state index < -0.39 is 46.1 Å². The molecule has 1 saturated carbocycles. The van der Waals surface area contributed by atoms with E-state index in [1.165, 1.54) is 18.9 Å². The standard InChI is InChI=1S/C31H37F4NO3/c1-3-5-6-8-12-20(11-4-2)30(21-13-9-7-10-14-21)38-22-17-27(34)29(28(35)18-22)31(37)39-23-15-25(32)24(19-36)26(33)16-23/h15-18,20-21,30H,3-14H2,1-2H3. The Morgan fingerprint density at radius 1 is 0.872 bits per heavy atom. The maximum atomic E-state index is 15.1. The van der Waals surface area contributed by atoms with Gasteiger partial charge in [0.1, 0.15) is 58.1 Å². The Morgan fingerprint density at radius 2 is 1.49 bits per heavy atom. The van der Waals surface area contributed by atoms with Gasteiger partial charge >= 0.3 is 5.97 Å². The van der Waals surface area contributed by atoms with E-state index in [0.29, 0.717) is 18.1 Å². The van der Waals surface area contributed by atoms with Gasteiger partial charge in [0.05, 0.1) is 0 Å². The molecule has 1 aliphatic carbocycles. The minimum atomic E-state index is -1.45. The molecule has 0 heterocycles. The van der Waals surface area contributed by atoms with Gasteiger partial charge in [-0.1, -0.05) is 65.2 Å². The maximum Gasteiger partial charge on any atom is 0.349 e. The Labute approximate surface area is 228 Å². The summed E-state index contributed by atoms with van der Waals surface area (Å²) in [7, 11) is 0. The van der Waals surface area contributed by atoms with E-state index in [-0.39, 0.29) is 17.8 Å². The molecule has 4 nitrogen and oxygen atoms in total. The van der Waals surface area contributed by atoms with Crippen molar-refractivity contribution in [3.05, 3.63) is 58.7 Å². The number of esters is 1. The van der Waals surface area contributed by atoms with Crippen LogP contribution in [0.3, 0.4) is 0 Å². The fraction of sp³-hybridized carbons (Fsp3) is 0.548. The first-order chi connectivity index (χ1) is 18.8. The van der Waals surface area contributed by atoms with Gasteiger partial charge in [-0.15, -0.1) is 0 Å². The second-order valence-electron chi connectivity index (χ2n) is 10.4. The second-order valence-corrected chi connectivity index (χ2v) is 10.4. The highest BCUT2D eigenvalue weighted by molar-refractivity contribution is 5.91. The minimum absolute atomic E-state index is 0.00208. The third-order valence-electron chi connectivity index (χ3n) is 7.50. The van der Waals surface area contributed by atoms with E-state index >= 15 is 8.78 Å². The van der Waals surface area contributed by atoms with E-state index in [9.17, 15) is 13.6 Å². The van der Waals surface area contributed by atoms with Crippen molar-refractivity contribution in [2.45, 2.75) is 97.0 Å². The molecule has 2 aromatic rings. The number of nitrogens with zero attached hydrogens (tertiary/aromatic N) is 1. The molecule has 2 unspecified atom stereocenters. The van der Waals surface area contributed by atoms with Crippen LogP contribution in [0.15, 0.2) is 24.3 Å². The quantitative estimate of drug-likeness (QED) is 0.109. The number of carbonyl (C=O) groups is 1. The van der Waals surface area contributed by atoms with E-state index in [1.54, 1.807) is 0 Å². The summed E-state index contributed by atoms with van der Waals surface area (Å²) in [5.74, 6) is -6.42. The first-order valence-corrected chi connectivity index (χ1v) is 14.1. The molecule has 0 amide bonds. The Kier molecular flexibility index (Phi) is 11.6. The van der Waals surface area contributed by atoms with Crippen LogP contribution in [0.5, 0.6) is 11.5 Å². The van der Waals surface area contributed by atoms with Crippen molar-refractivity contribution >= 4 is 5.97 Å². The van der Waals surface area contributed by atoms with Crippen molar-refractivity contribution in [3.63, 3.8) is 0 Å². The average molecular weight is 548 g/mol. The molecule has 3 rings (SSSR count). The highest BCUT2D eigenvalue weighted by atomic mass is 19.1. The molecule has 0 spiro atoms. The van der Waals surface area contributed by atoms with Crippen molar-refractivity contribution in [1.29, 1.82) is 5.26 Å². The van der Waals surface area contributed by atoms with E-state index in [0.717, 1.165) is 76.3 Å². The molecule has 0 radical (unpaired) electrons. The maximum absolute atomic E-state index is 15.1. The van der Waals surface area contributed by atoms with Crippen LogP contribution in [0, 0.1) is 46.4 Å². The number of unbranched alkanes of at least 4 members (excludes halogenated alkanes) is 3. The largest absolute Gasteiger partial charge is 0.490 e. The van der Waals surface area contributed by atoms with Gasteiger partial charge in [0, 0.05) is 24.3 Å². The molecule has 1 aliphatic rings.